The summed E-state index contributed by atoms with van der Waals surface area (Å²) in [6.07, 6.45) is 0. The molecule has 1 heterocycles. The third-order valence-corrected chi connectivity index (χ3v) is 4.04. The second-order valence-corrected chi connectivity index (χ2v) is 5.64. The zero-order chi connectivity index (χ0) is 16.2. The van der Waals surface area contributed by atoms with E-state index in [1.54, 1.807) is 19.2 Å². The Bertz CT molecular complexity index is 806. The number of thioether (sulfide) groups is 1. The van der Waals surface area contributed by atoms with Crippen molar-refractivity contribution in [3.05, 3.63) is 60.0 Å². The summed E-state index contributed by atoms with van der Waals surface area (Å²) in [5.74, 6) is 0.170. The van der Waals surface area contributed by atoms with Crippen LogP contribution in [-0.2, 0) is 5.75 Å². The first-order valence-corrected chi connectivity index (χ1v) is 7.69. The largest absolute Gasteiger partial charge is 0.497 e. The SMILES string of the molecule is COc1ccc(-c2nnc(CSc3ccc(F)c(F)c3)o2)cc1. The van der Waals surface area contributed by atoms with Crippen molar-refractivity contribution in [2.45, 2.75) is 10.6 Å². The highest BCUT2D eigenvalue weighted by molar-refractivity contribution is 7.98. The Morgan fingerprint density at radius 1 is 1.04 bits per heavy atom. The van der Waals surface area contributed by atoms with Gasteiger partial charge in [0.2, 0.25) is 11.8 Å². The van der Waals surface area contributed by atoms with Gasteiger partial charge in [0.15, 0.2) is 11.6 Å². The highest BCUT2D eigenvalue weighted by Gasteiger charge is 2.10. The third kappa shape index (κ3) is 3.68. The molecule has 0 fully saturated rings. The zero-order valence-electron chi connectivity index (χ0n) is 12.1. The van der Waals surface area contributed by atoms with Gasteiger partial charge in [-0.25, -0.2) is 8.78 Å². The average Bonchev–Trinajstić information content (AvgIpc) is 3.05. The monoisotopic (exact) mass is 334 g/mol. The van der Waals surface area contributed by atoms with Gasteiger partial charge in [-0.1, -0.05) is 0 Å². The first kappa shape index (κ1) is 15.5. The van der Waals surface area contributed by atoms with Gasteiger partial charge >= 0.3 is 0 Å². The van der Waals surface area contributed by atoms with Gasteiger partial charge in [0.05, 0.1) is 12.9 Å². The Hall–Kier alpha value is -2.41. The number of hydrogen-bond acceptors (Lipinski definition) is 5. The van der Waals surface area contributed by atoms with Crippen LogP contribution in [0.3, 0.4) is 0 Å². The number of benzene rings is 2. The molecule has 0 aliphatic heterocycles. The molecule has 0 saturated carbocycles. The van der Waals surface area contributed by atoms with Crippen LogP contribution in [0.25, 0.3) is 11.5 Å². The van der Waals surface area contributed by atoms with E-state index in [-0.39, 0.29) is 0 Å². The lowest BCUT2D eigenvalue weighted by molar-refractivity contribution is 0.415. The number of methoxy groups -OCH3 is 1. The van der Waals surface area contributed by atoms with E-state index in [0.29, 0.717) is 22.4 Å². The third-order valence-electron chi connectivity index (χ3n) is 3.06. The van der Waals surface area contributed by atoms with E-state index in [0.717, 1.165) is 23.4 Å². The summed E-state index contributed by atoms with van der Waals surface area (Å²) < 4.78 is 36.7. The Morgan fingerprint density at radius 2 is 1.83 bits per heavy atom. The van der Waals surface area contributed by atoms with Crippen molar-refractivity contribution in [2.75, 3.05) is 7.11 Å². The van der Waals surface area contributed by atoms with E-state index in [4.69, 9.17) is 9.15 Å². The van der Waals surface area contributed by atoms with Crippen molar-refractivity contribution < 1.29 is 17.9 Å². The summed E-state index contributed by atoms with van der Waals surface area (Å²) in [6, 6.07) is 11.0. The second kappa shape index (κ2) is 6.78. The second-order valence-electron chi connectivity index (χ2n) is 4.59. The summed E-state index contributed by atoms with van der Waals surface area (Å²) in [7, 11) is 1.59. The van der Waals surface area contributed by atoms with E-state index in [9.17, 15) is 8.78 Å². The maximum Gasteiger partial charge on any atom is 0.247 e. The molecule has 0 unspecified atom stereocenters. The fraction of sp³-hybridized carbons (Fsp3) is 0.125. The highest BCUT2D eigenvalue weighted by atomic mass is 32.2. The molecular weight excluding hydrogens is 322 g/mol. The molecule has 118 valence electrons. The molecule has 2 aromatic carbocycles. The topological polar surface area (TPSA) is 48.2 Å². The molecule has 0 bridgehead atoms. The van der Waals surface area contributed by atoms with Crippen LogP contribution >= 0.6 is 11.8 Å². The summed E-state index contributed by atoms with van der Waals surface area (Å²) in [4.78, 5) is 0.591. The van der Waals surface area contributed by atoms with Gasteiger partial charge in [-0.15, -0.1) is 22.0 Å². The van der Waals surface area contributed by atoms with Crippen molar-refractivity contribution in [1.82, 2.24) is 10.2 Å². The predicted octanol–water partition coefficient (Wildman–Crippen LogP) is 4.32. The van der Waals surface area contributed by atoms with Gasteiger partial charge in [-0.2, -0.15) is 0 Å². The first-order valence-electron chi connectivity index (χ1n) is 6.70. The molecule has 0 amide bonds. The molecule has 0 saturated heterocycles. The lowest BCUT2D eigenvalue weighted by atomic mass is 10.2. The van der Waals surface area contributed by atoms with E-state index in [1.807, 2.05) is 12.1 Å². The maximum atomic E-state index is 13.1. The standard InChI is InChI=1S/C16H12F2N2O2S/c1-21-11-4-2-10(3-5-11)16-20-19-15(22-16)9-23-12-6-7-13(17)14(18)8-12/h2-8H,9H2,1H3. The van der Waals surface area contributed by atoms with Crippen LogP contribution in [-0.4, -0.2) is 17.3 Å². The molecule has 0 spiro atoms. The van der Waals surface area contributed by atoms with Gasteiger partial charge in [-0.05, 0) is 42.5 Å². The van der Waals surface area contributed by atoms with E-state index < -0.39 is 11.6 Å². The lowest BCUT2D eigenvalue weighted by Gasteiger charge is -2.00. The van der Waals surface area contributed by atoms with Crippen LogP contribution in [0.4, 0.5) is 8.78 Å². The van der Waals surface area contributed by atoms with Crippen LogP contribution in [0, 0.1) is 11.6 Å². The minimum Gasteiger partial charge on any atom is -0.497 e. The summed E-state index contributed by atoms with van der Waals surface area (Å²) in [6.45, 7) is 0. The van der Waals surface area contributed by atoms with Gasteiger partial charge < -0.3 is 9.15 Å². The molecule has 0 atom stereocenters. The summed E-state index contributed by atoms with van der Waals surface area (Å²) in [5.41, 5.74) is 0.780. The molecular formula is C16H12F2N2O2S. The van der Waals surface area contributed by atoms with Gasteiger partial charge in [0.25, 0.3) is 0 Å². The van der Waals surface area contributed by atoms with Crippen LogP contribution in [0.5, 0.6) is 5.75 Å². The molecule has 3 rings (SSSR count). The minimum absolute atomic E-state index is 0.369. The quantitative estimate of drug-likeness (QED) is 0.651. The van der Waals surface area contributed by atoms with Gasteiger partial charge in [0.1, 0.15) is 5.75 Å². The smallest absolute Gasteiger partial charge is 0.247 e. The van der Waals surface area contributed by atoms with Crippen LogP contribution < -0.4 is 4.74 Å². The Morgan fingerprint density at radius 3 is 2.52 bits per heavy atom. The zero-order valence-corrected chi connectivity index (χ0v) is 12.9. The fourth-order valence-electron chi connectivity index (χ4n) is 1.87. The van der Waals surface area contributed by atoms with Crippen molar-refractivity contribution in [3.8, 4) is 17.2 Å². The summed E-state index contributed by atoms with van der Waals surface area (Å²) in [5, 5.41) is 7.93. The summed E-state index contributed by atoms with van der Waals surface area (Å²) >= 11 is 1.29. The van der Waals surface area contributed by atoms with E-state index >= 15 is 0 Å². The van der Waals surface area contributed by atoms with E-state index in [1.165, 1.54) is 17.8 Å². The Balaban J connectivity index is 1.67. The lowest BCUT2D eigenvalue weighted by Crippen LogP contribution is -1.85. The number of hydrogen-bond donors (Lipinski definition) is 0. The van der Waals surface area contributed by atoms with Crippen LogP contribution in [0.1, 0.15) is 5.89 Å². The van der Waals surface area contributed by atoms with Crippen molar-refractivity contribution in [1.29, 1.82) is 0 Å². The minimum atomic E-state index is -0.876. The van der Waals surface area contributed by atoms with Crippen molar-refractivity contribution in [3.63, 3.8) is 0 Å². The Kier molecular flexibility index (Phi) is 4.57. The number of rotatable bonds is 5. The average molecular weight is 334 g/mol. The number of aromatic nitrogens is 2. The molecule has 4 nitrogen and oxygen atoms in total. The Labute approximate surface area is 135 Å². The van der Waals surface area contributed by atoms with Crippen LogP contribution in [0.15, 0.2) is 51.8 Å². The molecule has 1 aromatic heterocycles. The molecule has 0 aliphatic rings. The molecule has 0 radical (unpaired) electrons. The maximum absolute atomic E-state index is 13.1. The fourth-order valence-corrected chi connectivity index (χ4v) is 2.63. The number of nitrogens with zero attached hydrogens (tertiary/aromatic N) is 2. The molecule has 0 aliphatic carbocycles. The molecule has 0 N–H and O–H groups in total. The number of halogens is 2. The van der Waals surface area contributed by atoms with Gasteiger partial charge in [-0.3, -0.25) is 0 Å². The van der Waals surface area contributed by atoms with Crippen molar-refractivity contribution in [2.24, 2.45) is 0 Å². The molecule has 7 heteroatoms. The van der Waals surface area contributed by atoms with E-state index in [2.05, 4.69) is 10.2 Å². The number of ether oxygens (including phenoxy) is 1. The normalized spacial score (nSPS) is 10.7. The van der Waals surface area contributed by atoms with Crippen LogP contribution in [0.2, 0.25) is 0 Å². The highest BCUT2D eigenvalue weighted by Crippen LogP contribution is 2.26. The molecule has 3 aromatic rings. The van der Waals surface area contributed by atoms with Gasteiger partial charge in [0, 0.05) is 10.5 Å². The van der Waals surface area contributed by atoms with Crippen molar-refractivity contribution >= 4 is 11.8 Å². The predicted molar refractivity (Wildman–Crippen MR) is 82.2 cm³/mol. The first-order chi connectivity index (χ1) is 11.2. The molecule has 23 heavy (non-hydrogen) atoms.